The van der Waals surface area contributed by atoms with Gasteiger partial charge in [0.15, 0.2) is 5.69 Å². The normalized spacial score (nSPS) is 10.5. The van der Waals surface area contributed by atoms with Crippen LogP contribution in [0.2, 0.25) is 0 Å². The minimum atomic E-state index is -0.885. The highest BCUT2D eigenvalue weighted by Crippen LogP contribution is 2.19. The summed E-state index contributed by atoms with van der Waals surface area (Å²) in [6.07, 6.45) is 0. The van der Waals surface area contributed by atoms with Gasteiger partial charge in [-0.15, -0.1) is 0 Å². The fourth-order valence-corrected chi connectivity index (χ4v) is 1.83. The third kappa shape index (κ3) is 2.24. The Labute approximate surface area is 108 Å². The highest BCUT2D eigenvalue weighted by atomic mass is 19.1. The van der Waals surface area contributed by atoms with E-state index in [1.807, 2.05) is 0 Å². The summed E-state index contributed by atoms with van der Waals surface area (Å²) in [5.41, 5.74) is 5.64. The van der Waals surface area contributed by atoms with E-state index in [0.717, 1.165) is 0 Å². The molecule has 2 rings (SSSR count). The van der Waals surface area contributed by atoms with Gasteiger partial charge in [0.25, 0.3) is 5.91 Å². The quantitative estimate of drug-likeness (QED) is 0.875. The average Bonchev–Trinajstić information content (AvgIpc) is 2.36. The summed E-state index contributed by atoms with van der Waals surface area (Å²) in [5.74, 6) is -1.29. The molecule has 1 aromatic carbocycles. The van der Waals surface area contributed by atoms with E-state index in [1.54, 1.807) is 14.0 Å². The first-order valence-corrected chi connectivity index (χ1v) is 5.55. The van der Waals surface area contributed by atoms with Gasteiger partial charge in [0.05, 0.1) is 5.56 Å². The van der Waals surface area contributed by atoms with Gasteiger partial charge in [0, 0.05) is 12.7 Å². The number of carbonyl (C=O) groups excluding carboxylic acids is 1. The highest BCUT2D eigenvalue weighted by molar-refractivity contribution is 5.91. The van der Waals surface area contributed by atoms with E-state index in [1.165, 1.54) is 28.9 Å². The lowest BCUT2D eigenvalue weighted by Crippen LogP contribution is -2.28. The van der Waals surface area contributed by atoms with Crippen LogP contribution in [-0.2, 0) is 7.05 Å². The molecular formula is C13H12FN3O2. The molecule has 0 atom stereocenters. The van der Waals surface area contributed by atoms with E-state index in [0.29, 0.717) is 16.8 Å². The van der Waals surface area contributed by atoms with E-state index >= 15 is 0 Å². The Hall–Kier alpha value is -2.50. The predicted molar refractivity (Wildman–Crippen MR) is 68.1 cm³/mol. The number of nitrogens with zero attached hydrogens (tertiary/aromatic N) is 2. The van der Waals surface area contributed by atoms with Crippen LogP contribution in [0.3, 0.4) is 0 Å². The molecule has 5 nitrogen and oxygen atoms in total. The molecule has 0 unspecified atom stereocenters. The molecule has 6 heteroatoms. The summed E-state index contributed by atoms with van der Waals surface area (Å²) >= 11 is 0. The van der Waals surface area contributed by atoms with E-state index in [-0.39, 0.29) is 5.69 Å². The summed E-state index contributed by atoms with van der Waals surface area (Å²) in [4.78, 5) is 23.4. The Morgan fingerprint density at radius 2 is 1.89 bits per heavy atom. The molecule has 98 valence electrons. The van der Waals surface area contributed by atoms with Crippen molar-refractivity contribution in [1.29, 1.82) is 0 Å². The third-order valence-electron chi connectivity index (χ3n) is 2.91. The largest absolute Gasteiger partial charge is 0.364 e. The van der Waals surface area contributed by atoms with Crippen LogP contribution in [0.15, 0.2) is 29.1 Å². The van der Waals surface area contributed by atoms with Crippen LogP contribution in [0.5, 0.6) is 0 Å². The first-order chi connectivity index (χ1) is 8.91. The summed E-state index contributed by atoms with van der Waals surface area (Å²) < 4.78 is 14.3. The molecule has 2 aromatic rings. The first-order valence-electron chi connectivity index (χ1n) is 5.55. The first kappa shape index (κ1) is 12.9. The summed E-state index contributed by atoms with van der Waals surface area (Å²) in [7, 11) is 1.61. The zero-order valence-corrected chi connectivity index (χ0v) is 10.5. The number of halogens is 1. The van der Waals surface area contributed by atoms with Crippen molar-refractivity contribution in [2.75, 3.05) is 0 Å². The molecule has 0 radical (unpaired) electrons. The summed E-state index contributed by atoms with van der Waals surface area (Å²) in [5, 5.41) is 3.83. The van der Waals surface area contributed by atoms with Gasteiger partial charge < -0.3 is 5.73 Å². The second-order valence-electron chi connectivity index (χ2n) is 4.13. The Bertz CT molecular complexity index is 705. The highest BCUT2D eigenvalue weighted by Gasteiger charge is 2.17. The molecule has 0 fully saturated rings. The number of primary amides is 1. The number of nitrogens with two attached hydrogens (primary N) is 1. The van der Waals surface area contributed by atoms with Crippen LogP contribution < -0.4 is 11.2 Å². The van der Waals surface area contributed by atoms with Gasteiger partial charge in [0.2, 0.25) is 5.43 Å². The fourth-order valence-electron chi connectivity index (χ4n) is 1.83. The Morgan fingerprint density at radius 1 is 1.32 bits per heavy atom. The molecule has 0 aliphatic heterocycles. The SMILES string of the molecule is Cc1c(-c2ccc(F)cc2)c(=O)c(C(N)=O)nn1C. The smallest absolute Gasteiger partial charge is 0.273 e. The predicted octanol–water partition coefficient (Wildman–Crippen LogP) is 0.994. The van der Waals surface area contributed by atoms with Crippen LogP contribution in [0, 0.1) is 12.7 Å². The van der Waals surface area contributed by atoms with E-state index in [9.17, 15) is 14.0 Å². The number of hydrogen-bond donors (Lipinski definition) is 1. The number of aromatic nitrogens is 2. The van der Waals surface area contributed by atoms with Gasteiger partial charge in [-0.1, -0.05) is 12.1 Å². The van der Waals surface area contributed by atoms with Crippen LogP contribution >= 0.6 is 0 Å². The molecule has 1 aromatic heterocycles. The number of rotatable bonds is 2. The molecule has 0 spiro atoms. The van der Waals surface area contributed by atoms with E-state index in [4.69, 9.17) is 5.73 Å². The monoisotopic (exact) mass is 261 g/mol. The van der Waals surface area contributed by atoms with Gasteiger partial charge >= 0.3 is 0 Å². The molecule has 0 aliphatic rings. The molecule has 0 bridgehead atoms. The van der Waals surface area contributed by atoms with Crippen molar-refractivity contribution in [1.82, 2.24) is 9.78 Å². The molecule has 1 amide bonds. The Morgan fingerprint density at radius 3 is 2.42 bits per heavy atom. The molecule has 0 aliphatic carbocycles. The number of aryl methyl sites for hydroxylation is 1. The van der Waals surface area contributed by atoms with Crippen molar-refractivity contribution < 1.29 is 9.18 Å². The summed E-state index contributed by atoms with van der Waals surface area (Å²) in [6, 6.07) is 5.45. The van der Waals surface area contributed by atoms with E-state index < -0.39 is 17.2 Å². The lowest BCUT2D eigenvalue weighted by molar-refractivity contribution is 0.0992. The molecule has 19 heavy (non-hydrogen) atoms. The van der Waals surface area contributed by atoms with Gasteiger partial charge in [-0.05, 0) is 24.6 Å². The van der Waals surface area contributed by atoms with Gasteiger partial charge in [-0.25, -0.2) is 4.39 Å². The molecule has 0 saturated heterocycles. The second-order valence-corrected chi connectivity index (χ2v) is 4.13. The fraction of sp³-hybridized carbons (Fsp3) is 0.154. The van der Waals surface area contributed by atoms with Crippen LogP contribution in [0.25, 0.3) is 11.1 Å². The zero-order valence-electron chi connectivity index (χ0n) is 10.5. The second kappa shape index (κ2) is 4.64. The van der Waals surface area contributed by atoms with Crippen molar-refractivity contribution in [3.8, 4) is 11.1 Å². The molecule has 0 saturated carbocycles. The van der Waals surface area contributed by atoms with Crippen molar-refractivity contribution >= 4 is 5.91 Å². The number of amides is 1. The average molecular weight is 261 g/mol. The number of hydrogen-bond acceptors (Lipinski definition) is 3. The zero-order chi connectivity index (χ0) is 14.2. The van der Waals surface area contributed by atoms with Crippen molar-refractivity contribution in [2.45, 2.75) is 6.92 Å². The Kier molecular flexibility index (Phi) is 3.16. The van der Waals surface area contributed by atoms with Crippen molar-refractivity contribution in [3.63, 3.8) is 0 Å². The Balaban J connectivity index is 2.79. The molecule has 1 heterocycles. The maximum absolute atomic E-state index is 12.9. The topological polar surface area (TPSA) is 78.0 Å². The van der Waals surface area contributed by atoms with Crippen molar-refractivity contribution in [3.05, 3.63) is 51.7 Å². The third-order valence-corrected chi connectivity index (χ3v) is 2.91. The van der Waals surface area contributed by atoms with Crippen molar-refractivity contribution in [2.24, 2.45) is 12.8 Å². The lowest BCUT2D eigenvalue weighted by atomic mass is 10.0. The summed E-state index contributed by atoms with van der Waals surface area (Å²) in [6.45, 7) is 1.69. The molecular weight excluding hydrogens is 249 g/mol. The van der Waals surface area contributed by atoms with Crippen LogP contribution in [0.1, 0.15) is 16.2 Å². The minimum Gasteiger partial charge on any atom is -0.364 e. The van der Waals surface area contributed by atoms with Crippen LogP contribution in [-0.4, -0.2) is 15.7 Å². The van der Waals surface area contributed by atoms with E-state index in [2.05, 4.69) is 5.10 Å². The maximum atomic E-state index is 12.9. The van der Waals surface area contributed by atoms with Gasteiger partial charge in [-0.2, -0.15) is 5.10 Å². The number of carbonyl (C=O) groups is 1. The standard InChI is InChI=1S/C13H12FN3O2/c1-7-10(8-3-5-9(14)6-4-8)12(18)11(13(15)19)16-17(7)2/h3-6H,1-2H3,(H2,15,19). The van der Waals surface area contributed by atoms with Gasteiger partial charge in [0.1, 0.15) is 5.82 Å². The van der Waals surface area contributed by atoms with Crippen LogP contribution in [0.4, 0.5) is 4.39 Å². The van der Waals surface area contributed by atoms with Gasteiger partial charge in [-0.3, -0.25) is 14.3 Å². The minimum absolute atomic E-state index is 0.298. The number of benzene rings is 1. The lowest BCUT2D eigenvalue weighted by Gasteiger charge is -2.11. The molecule has 2 N–H and O–H groups in total. The maximum Gasteiger partial charge on any atom is 0.273 e.